The first-order valence-corrected chi connectivity index (χ1v) is 8.66. The van der Waals surface area contributed by atoms with Gasteiger partial charge in [-0.25, -0.2) is 0 Å². The van der Waals surface area contributed by atoms with Gasteiger partial charge < -0.3 is 16.2 Å². The van der Waals surface area contributed by atoms with E-state index in [0.29, 0.717) is 5.69 Å². The summed E-state index contributed by atoms with van der Waals surface area (Å²) in [7, 11) is 0. The highest BCUT2D eigenvalue weighted by Crippen LogP contribution is 2.21. The highest BCUT2D eigenvalue weighted by molar-refractivity contribution is 5.90. The van der Waals surface area contributed by atoms with Crippen LogP contribution in [0.2, 0.25) is 0 Å². The van der Waals surface area contributed by atoms with Crippen LogP contribution in [0.15, 0.2) is 24.3 Å². The van der Waals surface area contributed by atoms with Gasteiger partial charge in [0, 0.05) is 23.9 Å². The minimum Gasteiger partial charge on any atom is -0.463 e. The Morgan fingerprint density at radius 1 is 1.00 bits per heavy atom. The van der Waals surface area contributed by atoms with E-state index >= 15 is 0 Å². The minimum absolute atomic E-state index is 0.0607. The number of ketones is 2. The number of carbonyl (C=O) groups is 3. The molecule has 1 unspecified atom stereocenters. The first kappa shape index (κ1) is 21.8. The lowest BCUT2D eigenvalue weighted by Crippen LogP contribution is -2.40. The number of nitrogen functional groups attached to an aromatic ring is 1. The third kappa shape index (κ3) is 6.59. The van der Waals surface area contributed by atoms with Crippen LogP contribution >= 0.6 is 0 Å². The Morgan fingerprint density at radius 3 is 2.04 bits per heavy atom. The first-order valence-electron chi connectivity index (χ1n) is 8.66. The topological polar surface area (TPSA) is 112 Å². The molecule has 0 saturated carbocycles. The molecule has 0 aliphatic carbocycles. The monoisotopic (exact) mass is 362 g/mol. The van der Waals surface area contributed by atoms with Crippen molar-refractivity contribution in [1.82, 2.24) is 0 Å². The third-order valence-corrected chi connectivity index (χ3v) is 4.22. The van der Waals surface area contributed by atoms with Gasteiger partial charge in [0.2, 0.25) is 0 Å². The second-order valence-electron chi connectivity index (χ2n) is 8.32. The standard InChI is InChI=1S/C20H30N2O4/c1-19(2,3)16(23)11-15(22)18(25)26-12-20(4,5)17(24)10-13-6-8-14(21)9-7-13/h6-9,15H,10-12,21-22H2,1-5H3. The van der Waals surface area contributed by atoms with Gasteiger partial charge >= 0.3 is 5.97 Å². The number of carbonyl (C=O) groups excluding carboxylic acids is 3. The molecule has 0 radical (unpaired) electrons. The maximum absolute atomic E-state index is 12.5. The molecule has 4 N–H and O–H groups in total. The lowest BCUT2D eigenvalue weighted by Gasteiger charge is -2.24. The predicted octanol–water partition coefficient (Wildman–Crippen LogP) is 2.28. The smallest absolute Gasteiger partial charge is 0.323 e. The number of hydrogen-bond acceptors (Lipinski definition) is 6. The Labute approximate surface area is 155 Å². The van der Waals surface area contributed by atoms with E-state index in [9.17, 15) is 14.4 Å². The fourth-order valence-electron chi connectivity index (χ4n) is 2.09. The fraction of sp³-hybridized carbons (Fsp3) is 0.550. The quantitative estimate of drug-likeness (QED) is 0.542. The minimum atomic E-state index is -1.02. The largest absolute Gasteiger partial charge is 0.463 e. The molecule has 6 heteroatoms. The lowest BCUT2D eigenvalue weighted by atomic mass is 9.85. The van der Waals surface area contributed by atoms with E-state index in [1.807, 2.05) is 0 Å². The predicted molar refractivity (Wildman–Crippen MR) is 101 cm³/mol. The van der Waals surface area contributed by atoms with Gasteiger partial charge in [0.25, 0.3) is 0 Å². The van der Waals surface area contributed by atoms with Crippen LogP contribution in [-0.4, -0.2) is 30.2 Å². The van der Waals surface area contributed by atoms with Crippen molar-refractivity contribution < 1.29 is 19.1 Å². The van der Waals surface area contributed by atoms with Crippen LogP contribution in [0.25, 0.3) is 0 Å². The van der Waals surface area contributed by atoms with Gasteiger partial charge in [-0.1, -0.05) is 32.9 Å². The van der Waals surface area contributed by atoms with Crippen molar-refractivity contribution in [3.63, 3.8) is 0 Å². The number of rotatable bonds is 8. The third-order valence-electron chi connectivity index (χ3n) is 4.22. The summed E-state index contributed by atoms with van der Waals surface area (Å²) in [6, 6.07) is 6.04. The summed E-state index contributed by atoms with van der Waals surface area (Å²) < 4.78 is 5.20. The van der Waals surface area contributed by atoms with Crippen LogP contribution in [0.4, 0.5) is 5.69 Å². The van der Waals surface area contributed by atoms with E-state index in [0.717, 1.165) is 5.56 Å². The summed E-state index contributed by atoms with van der Waals surface area (Å²) in [5.74, 6) is -0.842. The Balaban J connectivity index is 2.57. The normalized spacial score (nSPS) is 13.2. The zero-order valence-corrected chi connectivity index (χ0v) is 16.3. The number of anilines is 1. The van der Waals surface area contributed by atoms with Crippen molar-refractivity contribution in [3.05, 3.63) is 29.8 Å². The Bertz CT molecular complexity index is 657. The molecule has 0 aliphatic heterocycles. The number of ether oxygens (including phenoxy) is 1. The van der Waals surface area contributed by atoms with Gasteiger partial charge in [-0.3, -0.25) is 14.4 Å². The van der Waals surface area contributed by atoms with Gasteiger partial charge in [0.05, 0.1) is 5.41 Å². The number of nitrogens with two attached hydrogens (primary N) is 2. The van der Waals surface area contributed by atoms with Crippen LogP contribution in [0.3, 0.4) is 0 Å². The van der Waals surface area contributed by atoms with E-state index in [1.54, 1.807) is 58.9 Å². The number of hydrogen-bond donors (Lipinski definition) is 2. The summed E-state index contributed by atoms with van der Waals surface area (Å²) in [5.41, 5.74) is 11.5. The Morgan fingerprint density at radius 2 is 1.54 bits per heavy atom. The van der Waals surface area contributed by atoms with Crippen LogP contribution in [0.1, 0.15) is 46.6 Å². The summed E-state index contributed by atoms with van der Waals surface area (Å²) >= 11 is 0. The second kappa shape index (κ2) is 8.45. The number of esters is 1. The summed E-state index contributed by atoms with van der Waals surface area (Å²) in [6.45, 7) is 8.65. The molecular weight excluding hydrogens is 332 g/mol. The van der Waals surface area contributed by atoms with Crippen LogP contribution < -0.4 is 11.5 Å². The average Bonchev–Trinajstić information content (AvgIpc) is 2.53. The molecule has 1 rings (SSSR count). The van der Waals surface area contributed by atoms with E-state index in [4.69, 9.17) is 16.2 Å². The maximum Gasteiger partial charge on any atom is 0.323 e. The van der Waals surface area contributed by atoms with Gasteiger partial charge in [-0.2, -0.15) is 0 Å². The molecule has 0 fully saturated rings. The molecule has 0 aliphatic rings. The Hall–Kier alpha value is -2.21. The molecular formula is C20H30N2O4. The van der Waals surface area contributed by atoms with E-state index in [1.165, 1.54) is 0 Å². The van der Waals surface area contributed by atoms with E-state index in [2.05, 4.69) is 0 Å². The van der Waals surface area contributed by atoms with Crippen molar-refractivity contribution in [1.29, 1.82) is 0 Å². The number of benzene rings is 1. The van der Waals surface area contributed by atoms with Gasteiger partial charge in [0.15, 0.2) is 0 Å². The van der Waals surface area contributed by atoms with Gasteiger partial charge in [-0.15, -0.1) is 0 Å². The highest BCUT2D eigenvalue weighted by atomic mass is 16.5. The molecule has 1 aromatic carbocycles. The average molecular weight is 362 g/mol. The van der Waals surface area contributed by atoms with Crippen molar-refractivity contribution in [2.45, 2.75) is 53.5 Å². The molecule has 0 aromatic heterocycles. The second-order valence-corrected chi connectivity index (χ2v) is 8.32. The molecule has 0 saturated heterocycles. The molecule has 0 heterocycles. The molecule has 0 amide bonds. The van der Waals surface area contributed by atoms with Crippen molar-refractivity contribution in [2.75, 3.05) is 12.3 Å². The van der Waals surface area contributed by atoms with Crippen LogP contribution in [0, 0.1) is 10.8 Å². The lowest BCUT2D eigenvalue weighted by molar-refractivity contribution is -0.151. The van der Waals surface area contributed by atoms with E-state index in [-0.39, 0.29) is 31.0 Å². The molecule has 0 bridgehead atoms. The Kier molecular flexibility index (Phi) is 7.09. The van der Waals surface area contributed by atoms with Crippen molar-refractivity contribution in [2.24, 2.45) is 16.6 Å². The molecule has 144 valence electrons. The van der Waals surface area contributed by atoms with Crippen LogP contribution in [-0.2, 0) is 25.5 Å². The number of Topliss-reactive ketones (excluding diaryl/α,β-unsaturated/α-hetero) is 2. The summed E-state index contributed by atoms with van der Waals surface area (Å²) in [5, 5.41) is 0. The van der Waals surface area contributed by atoms with Gasteiger partial charge in [-0.05, 0) is 31.5 Å². The van der Waals surface area contributed by atoms with Gasteiger partial charge in [0.1, 0.15) is 24.2 Å². The molecule has 6 nitrogen and oxygen atoms in total. The maximum atomic E-state index is 12.5. The first-order chi connectivity index (χ1) is 11.8. The van der Waals surface area contributed by atoms with Crippen molar-refractivity contribution in [3.8, 4) is 0 Å². The zero-order valence-electron chi connectivity index (χ0n) is 16.3. The van der Waals surface area contributed by atoms with Crippen LogP contribution in [0.5, 0.6) is 0 Å². The highest BCUT2D eigenvalue weighted by Gasteiger charge is 2.31. The molecule has 1 aromatic rings. The molecule has 26 heavy (non-hydrogen) atoms. The zero-order chi connectivity index (χ0) is 20.1. The molecule has 1 atom stereocenters. The fourth-order valence-corrected chi connectivity index (χ4v) is 2.09. The van der Waals surface area contributed by atoms with Crippen molar-refractivity contribution >= 4 is 23.2 Å². The van der Waals surface area contributed by atoms with E-state index < -0.39 is 22.8 Å². The summed E-state index contributed by atoms with van der Waals surface area (Å²) in [4.78, 5) is 36.5. The SMILES string of the molecule is CC(C)(C)C(=O)CC(N)C(=O)OCC(C)(C)C(=O)Cc1ccc(N)cc1. The summed E-state index contributed by atoms with van der Waals surface area (Å²) in [6.07, 6.45) is 0.140. The molecule has 0 spiro atoms.